The van der Waals surface area contributed by atoms with Gasteiger partial charge in [0.15, 0.2) is 0 Å². The summed E-state index contributed by atoms with van der Waals surface area (Å²) in [6, 6.07) is 13.9. The number of para-hydroxylation sites is 1. The van der Waals surface area contributed by atoms with Crippen molar-refractivity contribution < 1.29 is 19.4 Å². The molecular formula is C27H35N3O4. The molecule has 3 aromatic rings. The van der Waals surface area contributed by atoms with Crippen LogP contribution in [0.4, 0.5) is 0 Å². The van der Waals surface area contributed by atoms with Crippen molar-refractivity contribution in [3.8, 4) is 11.4 Å². The van der Waals surface area contributed by atoms with E-state index in [2.05, 4.69) is 40.5 Å². The molecule has 1 atom stereocenters. The third kappa shape index (κ3) is 5.12. The first-order valence-electron chi connectivity index (χ1n) is 12.0. The van der Waals surface area contributed by atoms with Crippen molar-refractivity contribution in [3.05, 3.63) is 59.3 Å². The molecule has 7 nitrogen and oxygen atoms in total. The minimum atomic E-state index is -0.582. The van der Waals surface area contributed by atoms with Gasteiger partial charge in [-0.1, -0.05) is 18.2 Å². The molecule has 2 heterocycles. The van der Waals surface area contributed by atoms with E-state index in [0.717, 1.165) is 54.0 Å². The number of esters is 1. The van der Waals surface area contributed by atoms with Crippen molar-refractivity contribution in [2.24, 2.45) is 0 Å². The molecule has 0 aliphatic carbocycles. The lowest BCUT2D eigenvalue weighted by molar-refractivity contribution is 0.0504. The quantitative estimate of drug-likeness (QED) is 0.515. The number of carbonyl (C=O) groups is 1. The topological polar surface area (TPSA) is 67.2 Å². The van der Waals surface area contributed by atoms with Gasteiger partial charge in [-0.25, -0.2) is 4.79 Å². The van der Waals surface area contributed by atoms with Gasteiger partial charge in [-0.2, -0.15) is 0 Å². The first kappa shape index (κ1) is 24.3. The third-order valence-electron chi connectivity index (χ3n) is 6.52. The standard InChI is InChI=1S/C27H35N3O4/c1-5-33-27(32)26-20(3)30(24-9-7-6-8-19(24)2)25-11-10-22(16-23(25)26)34-18-21(31)17-29-14-12-28(4)13-15-29/h6-11,16,21,31H,5,12-15,17-18H2,1-4H3. The summed E-state index contributed by atoms with van der Waals surface area (Å²) in [4.78, 5) is 17.5. The number of benzene rings is 2. The number of fused-ring (bicyclic) bond motifs is 1. The number of aryl methyl sites for hydroxylation is 1. The first-order chi connectivity index (χ1) is 16.4. The van der Waals surface area contributed by atoms with Gasteiger partial charge in [0.05, 0.1) is 17.7 Å². The number of rotatable bonds is 8. The SMILES string of the molecule is CCOC(=O)c1c(C)n(-c2ccccc2C)c2ccc(OCC(O)CN3CCN(C)CC3)cc12. The molecule has 1 aromatic heterocycles. The fraction of sp³-hybridized carbons (Fsp3) is 0.444. The van der Waals surface area contributed by atoms with E-state index in [1.54, 1.807) is 0 Å². The van der Waals surface area contributed by atoms with Gasteiger partial charge in [0.2, 0.25) is 0 Å². The number of aliphatic hydroxyl groups excluding tert-OH is 1. The number of hydrogen-bond donors (Lipinski definition) is 1. The molecule has 1 fully saturated rings. The van der Waals surface area contributed by atoms with Crippen molar-refractivity contribution >= 4 is 16.9 Å². The number of likely N-dealkylation sites (N-methyl/N-ethyl adjacent to an activating group) is 1. The summed E-state index contributed by atoms with van der Waals surface area (Å²) >= 11 is 0. The van der Waals surface area contributed by atoms with Crippen LogP contribution in [0.1, 0.15) is 28.5 Å². The molecule has 0 bridgehead atoms. The van der Waals surface area contributed by atoms with Gasteiger partial charge in [-0.3, -0.25) is 4.90 Å². The Kier molecular flexibility index (Phi) is 7.56. The Morgan fingerprint density at radius 3 is 2.53 bits per heavy atom. The van der Waals surface area contributed by atoms with Gasteiger partial charge in [-0.15, -0.1) is 0 Å². The van der Waals surface area contributed by atoms with E-state index in [4.69, 9.17) is 9.47 Å². The Morgan fingerprint density at radius 2 is 1.82 bits per heavy atom. The lowest BCUT2D eigenvalue weighted by Crippen LogP contribution is -2.47. The van der Waals surface area contributed by atoms with Crippen LogP contribution in [0.3, 0.4) is 0 Å². The van der Waals surface area contributed by atoms with Crippen molar-refractivity contribution in [1.29, 1.82) is 0 Å². The molecule has 0 spiro atoms. The van der Waals surface area contributed by atoms with E-state index in [1.807, 2.05) is 44.2 Å². The van der Waals surface area contributed by atoms with Crippen molar-refractivity contribution in [1.82, 2.24) is 14.4 Å². The minimum absolute atomic E-state index is 0.198. The third-order valence-corrected chi connectivity index (χ3v) is 6.52. The average molecular weight is 466 g/mol. The second-order valence-electron chi connectivity index (χ2n) is 9.05. The van der Waals surface area contributed by atoms with Gasteiger partial charge >= 0.3 is 5.97 Å². The van der Waals surface area contributed by atoms with Crippen molar-refractivity contribution in [3.63, 3.8) is 0 Å². The Balaban J connectivity index is 1.60. The van der Waals surface area contributed by atoms with Crippen LogP contribution in [0, 0.1) is 13.8 Å². The summed E-state index contributed by atoms with van der Waals surface area (Å²) in [6.45, 7) is 10.8. The molecule has 182 valence electrons. The molecule has 0 saturated carbocycles. The molecule has 1 aliphatic heterocycles. The molecule has 1 N–H and O–H groups in total. The van der Waals surface area contributed by atoms with Crippen molar-refractivity contribution in [2.45, 2.75) is 26.9 Å². The summed E-state index contributed by atoms with van der Waals surface area (Å²) in [7, 11) is 2.12. The highest BCUT2D eigenvalue weighted by Crippen LogP contribution is 2.33. The number of β-amino-alcohol motifs (C(OH)–C–C–N with tert-alkyl or cyclic N) is 1. The van der Waals surface area contributed by atoms with E-state index in [9.17, 15) is 9.90 Å². The Hall–Kier alpha value is -2.87. The normalized spacial score (nSPS) is 16.0. The van der Waals surface area contributed by atoms with Gasteiger partial charge in [0.25, 0.3) is 0 Å². The lowest BCUT2D eigenvalue weighted by atomic mass is 10.1. The number of aliphatic hydroxyl groups is 1. The number of hydrogen-bond acceptors (Lipinski definition) is 6. The summed E-state index contributed by atoms with van der Waals surface area (Å²) in [6.07, 6.45) is -0.582. The Morgan fingerprint density at radius 1 is 1.09 bits per heavy atom. The van der Waals surface area contributed by atoms with Crippen LogP contribution in [0.25, 0.3) is 16.6 Å². The molecular weight excluding hydrogens is 430 g/mol. The van der Waals surface area contributed by atoms with Crippen LogP contribution in [0.15, 0.2) is 42.5 Å². The highest BCUT2D eigenvalue weighted by Gasteiger charge is 2.23. The molecule has 4 rings (SSSR count). The predicted octanol–water partition coefficient (Wildman–Crippen LogP) is 3.41. The highest BCUT2D eigenvalue weighted by atomic mass is 16.5. The minimum Gasteiger partial charge on any atom is -0.491 e. The smallest absolute Gasteiger partial charge is 0.340 e. The highest BCUT2D eigenvalue weighted by molar-refractivity contribution is 6.07. The number of aromatic nitrogens is 1. The molecule has 0 radical (unpaired) electrons. The van der Waals surface area contributed by atoms with E-state index in [-0.39, 0.29) is 12.6 Å². The summed E-state index contributed by atoms with van der Waals surface area (Å²) < 4.78 is 13.4. The largest absolute Gasteiger partial charge is 0.491 e. The second-order valence-corrected chi connectivity index (χ2v) is 9.05. The zero-order valence-corrected chi connectivity index (χ0v) is 20.6. The maximum atomic E-state index is 12.9. The number of piperazine rings is 1. The molecule has 1 saturated heterocycles. The number of carbonyl (C=O) groups excluding carboxylic acids is 1. The zero-order valence-electron chi connectivity index (χ0n) is 20.6. The van der Waals surface area contributed by atoms with Crippen LogP contribution in [-0.2, 0) is 4.74 Å². The molecule has 1 unspecified atom stereocenters. The summed E-state index contributed by atoms with van der Waals surface area (Å²) in [5.74, 6) is 0.280. The zero-order chi connectivity index (χ0) is 24.2. The molecule has 7 heteroatoms. The van der Waals surface area contributed by atoms with E-state index in [0.29, 0.717) is 24.5 Å². The maximum absolute atomic E-state index is 12.9. The van der Waals surface area contributed by atoms with E-state index >= 15 is 0 Å². The average Bonchev–Trinajstić information content (AvgIpc) is 3.10. The number of ether oxygens (including phenoxy) is 2. The second kappa shape index (κ2) is 10.6. The van der Waals surface area contributed by atoms with Gasteiger partial charge in [-0.05, 0) is 57.6 Å². The monoisotopic (exact) mass is 465 g/mol. The predicted molar refractivity (Wildman–Crippen MR) is 134 cm³/mol. The fourth-order valence-electron chi connectivity index (χ4n) is 4.65. The summed E-state index contributed by atoms with van der Waals surface area (Å²) in [5, 5.41) is 11.3. The molecule has 34 heavy (non-hydrogen) atoms. The van der Waals surface area contributed by atoms with E-state index in [1.165, 1.54) is 0 Å². The van der Waals surface area contributed by atoms with Crippen LogP contribution in [-0.4, -0.2) is 84.5 Å². The van der Waals surface area contributed by atoms with Gasteiger partial charge in [0.1, 0.15) is 18.5 Å². The van der Waals surface area contributed by atoms with Gasteiger partial charge in [0, 0.05) is 49.5 Å². The van der Waals surface area contributed by atoms with Gasteiger partial charge < -0.3 is 24.0 Å². The van der Waals surface area contributed by atoms with Crippen LogP contribution < -0.4 is 4.74 Å². The molecule has 1 aliphatic rings. The summed E-state index contributed by atoms with van der Waals surface area (Å²) in [5.41, 5.74) is 4.43. The Labute approximate surface area is 201 Å². The number of nitrogens with zero attached hydrogens (tertiary/aromatic N) is 3. The van der Waals surface area contributed by atoms with E-state index < -0.39 is 6.10 Å². The maximum Gasteiger partial charge on any atom is 0.340 e. The van der Waals surface area contributed by atoms with Crippen LogP contribution in [0.2, 0.25) is 0 Å². The first-order valence-corrected chi connectivity index (χ1v) is 12.0. The fourth-order valence-corrected chi connectivity index (χ4v) is 4.65. The lowest BCUT2D eigenvalue weighted by Gasteiger charge is -2.33. The van der Waals surface area contributed by atoms with Crippen LogP contribution >= 0.6 is 0 Å². The van der Waals surface area contributed by atoms with Crippen molar-refractivity contribution in [2.75, 3.05) is 53.0 Å². The van der Waals surface area contributed by atoms with Crippen LogP contribution in [0.5, 0.6) is 5.75 Å². The molecule has 0 amide bonds. The Bertz CT molecular complexity index is 1150. The molecule has 2 aromatic carbocycles.